The zero-order valence-electron chi connectivity index (χ0n) is 24.8. The molecule has 0 unspecified atom stereocenters. The Hall–Kier alpha value is -4.89. The number of rotatable bonds is 6. The van der Waals surface area contributed by atoms with Gasteiger partial charge in [0.1, 0.15) is 0 Å². The van der Waals surface area contributed by atoms with Gasteiger partial charge in [-0.05, 0) is 65.6 Å². The summed E-state index contributed by atoms with van der Waals surface area (Å²) < 4.78 is 0. The van der Waals surface area contributed by atoms with Crippen LogP contribution in [0.2, 0.25) is 0 Å². The fourth-order valence-corrected chi connectivity index (χ4v) is 6.16. The lowest BCUT2D eigenvalue weighted by Gasteiger charge is -2.27. The van der Waals surface area contributed by atoms with Crippen molar-refractivity contribution >= 4 is 11.1 Å². The van der Waals surface area contributed by atoms with Gasteiger partial charge in [0, 0.05) is 28.3 Å². The largest absolute Gasteiger partial charge is 0.256 e. The molecule has 5 aromatic rings. The number of benzene rings is 3. The van der Waals surface area contributed by atoms with Crippen molar-refractivity contribution in [2.75, 3.05) is 0 Å². The normalized spacial score (nSPS) is 14.6. The molecule has 210 valence electrons. The monoisotopic (exact) mass is 557 g/mol. The summed E-state index contributed by atoms with van der Waals surface area (Å²) in [5.41, 5.74) is 12.5. The second-order valence-corrected chi connectivity index (χ2v) is 11.9. The van der Waals surface area contributed by atoms with Gasteiger partial charge in [0.05, 0.1) is 17.1 Å². The van der Waals surface area contributed by atoms with E-state index in [1.807, 2.05) is 18.3 Å². The first-order valence-corrected chi connectivity index (χ1v) is 15.2. The third-order valence-electron chi connectivity index (χ3n) is 8.78. The highest BCUT2D eigenvalue weighted by Crippen LogP contribution is 2.36. The van der Waals surface area contributed by atoms with E-state index in [9.17, 15) is 0 Å². The first-order valence-electron chi connectivity index (χ1n) is 15.2. The van der Waals surface area contributed by atoms with E-state index < -0.39 is 0 Å². The number of aromatic nitrogens is 3. The van der Waals surface area contributed by atoms with Crippen LogP contribution in [0.5, 0.6) is 0 Å². The standard InChI is InChI=1S/C40H35N3/c1-40(2,33-22-18-28(19-23-33)35-17-9-15-31-16-10-26-41-38(31)35)34-24-20-32(21-25-34)39-42-36(29-11-5-3-6-12-29)27-37(43-39)30-13-7-4-8-14-30/h3,5-7,10-14,16-27H,4,8-9,15H2,1-2H3. The maximum absolute atomic E-state index is 5.03. The molecule has 0 radical (unpaired) electrons. The molecule has 2 aromatic heterocycles. The SMILES string of the molecule is CC(C)(c1ccc(C2=CCCc3cccnc32)cc1)c1ccc(-c2nc(C3=CCCC=C3)cc(-c3ccccc3)n2)cc1. The molecule has 0 atom stereocenters. The molecule has 0 saturated heterocycles. The van der Waals surface area contributed by atoms with Gasteiger partial charge in [-0.2, -0.15) is 0 Å². The molecule has 7 rings (SSSR count). The van der Waals surface area contributed by atoms with E-state index in [0.29, 0.717) is 0 Å². The molecular weight excluding hydrogens is 522 g/mol. The topological polar surface area (TPSA) is 38.7 Å². The summed E-state index contributed by atoms with van der Waals surface area (Å²) in [6, 6.07) is 34.5. The van der Waals surface area contributed by atoms with Crippen molar-refractivity contribution in [3.63, 3.8) is 0 Å². The van der Waals surface area contributed by atoms with E-state index in [1.54, 1.807) is 0 Å². The molecular formula is C40H35N3. The highest BCUT2D eigenvalue weighted by atomic mass is 14.9. The van der Waals surface area contributed by atoms with E-state index >= 15 is 0 Å². The highest BCUT2D eigenvalue weighted by Gasteiger charge is 2.24. The van der Waals surface area contributed by atoms with Crippen LogP contribution in [-0.4, -0.2) is 15.0 Å². The molecule has 3 heteroatoms. The summed E-state index contributed by atoms with van der Waals surface area (Å²) in [6.45, 7) is 4.58. The second-order valence-electron chi connectivity index (χ2n) is 11.9. The molecule has 0 N–H and O–H groups in total. The van der Waals surface area contributed by atoms with Crippen LogP contribution in [0.15, 0.2) is 128 Å². The predicted molar refractivity (Wildman–Crippen MR) is 177 cm³/mol. The lowest BCUT2D eigenvalue weighted by molar-refractivity contribution is 0.641. The number of allylic oxidation sites excluding steroid dienone is 5. The smallest absolute Gasteiger partial charge is 0.160 e. The second kappa shape index (κ2) is 11.4. The number of pyridine rings is 1. The first-order chi connectivity index (χ1) is 21.1. The van der Waals surface area contributed by atoms with Crippen LogP contribution in [0.4, 0.5) is 0 Å². The number of fused-ring (bicyclic) bond motifs is 1. The van der Waals surface area contributed by atoms with Crippen molar-refractivity contribution in [2.45, 2.75) is 44.9 Å². The van der Waals surface area contributed by atoms with Crippen LogP contribution in [0, 0.1) is 0 Å². The number of hydrogen-bond donors (Lipinski definition) is 0. The zero-order chi connectivity index (χ0) is 29.2. The Morgan fingerprint density at radius 1 is 0.628 bits per heavy atom. The first kappa shape index (κ1) is 27.0. The van der Waals surface area contributed by atoms with Crippen molar-refractivity contribution in [3.8, 4) is 22.6 Å². The van der Waals surface area contributed by atoms with Crippen LogP contribution < -0.4 is 0 Å². The Morgan fingerprint density at radius 2 is 1.35 bits per heavy atom. The van der Waals surface area contributed by atoms with Gasteiger partial charge in [-0.15, -0.1) is 0 Å². The molecule has 0 fully saturated rings. The molecule has 0 saturated carbocycles. The molecule has 2 heterocycles. The molecule has 0 bridgehead atoms. The Labute approximate surface area is 254 Å². The summed E-state index contributed by atoms with van der Waals surface area (Å²) >= 11 is 0. The number of hydrogen-bond acceptors (Lipinski definition) is 3. The maximum Gasteiger partial charge on any atom is 0.160 e. The maximum atomic E-state index is 5.03. The average molecular weight is 558 g/mol. The van der Waals surface area contributed by atoms with E-state index in [-0.39, 0.29) is 5.41 Å². The van der Waals surface area contributed by atoms with Crippen molar-refractivity contribution in [1.29, 1.82) is 0 Å². The lowest BCUT2D eigenvalue weighted by atomic mass is 9.77. The van der Waals surface area contributed by atoms with Gasteiger partial charge in [0.2, 0.25) is 0 Å². The van der Waals surface area contributed by atoms with E-state index in [2.05, 4.69) is 123 Å². The quantitative estimate of drug-likeness (QED) is 0.209. The summed E-state index contributed by atoms with van der Waals surface area (Å²) in [5.74, 6) is 0.750. The van der Waals surface area contributed by atoms with Crippen molar-refractivity contribution in [3.05, 3.63) is 161 Å². The third-order valence-corrected chi connectivity index (χ3v) is 8.78. The lowest BCUT2D eigenvalue weighted by Crippen LogP contribution is -2.18. The molecule has 2 aliphatic carbocycles. The Balaban J connectivity index is 1.18. The molecule has 43 heavy (non-hydrogen) atoms. The van der Waals surface area contributed by atoms with E-state index in [4.69, 9.17) is 15.0 Å². The molecule has 3 nitrogen and oxygen atoms in total. The minimum absolute atomic E-state index is 0.163. The Kier molecular flexibility index (Phi) is 7.16. The Bertz CT molecular complexity index is 1860. The van der Waals surface area contributed by atoms with Gasteiger partial charge in [0.25, 0.3) is 0 Å². The Morgan fingerprint density at radius 3 is 2.07 bits per heavy atom. The van der Waals surface area contributed by atoms with Crippen LogP contribution in [0.3, 0.4) is 0 Å². The summed E-state index contributed by atoms with van der Waals surface area (Å²) in [6.07, 6.45) is 15.1. The van der Waals surface area contributed by atoms with Crippen LogP contribution in [0.25, 0.3) is 33.8 Å². The molecule has 0 aliphatic heterocycles. The van der Waals surface area contributed by atoms with Gasteiger partial charge in [0.15, 0.2) is 5.82 Å². The fourth-order valence-electron chi connectivity index (χ4n) is 6.16. The summed E-state index contributed by atoms with van der Waals surface area (Å²) in [4.78, 5) is 14.7. The zero-order valence-corrected chi connectivity index (χ0v) is 24.8. The van der Waals surface area contributed by atoms with Gasteiger partial charge in [-0.3, -0.25) is 4.98 Å². The average Bonchev–Trinajstić information content (AvgIpc) is 3.09. The van der Waals surface area contributed by atoms with Crippen molar-refractivity contribution in [1.82, 2.24) is 15.0 Å². The summed E-state index contributed by atoms with van der Waals surface area (Å²) in [7, 11) is 0. The van der Waals surface area contributed by atoms with Crippen LogP contribution in [0.1, 0.15) is 66.8 Å². The van der Waals surface area contributed by atoms with E-state index in [1.165, 1.54) is 27.8 Å². The van der Waals surface area contributed by atoms with Gasteiger partial charge < -0.3 is 0 Å². The minimum atomic E-state index is -0.163. The van der Waals surface area contributed by atoms with Crippen LogP contribution in [-0.2, 0) is 11.8 Å². The molecule has 2 aliphatic rings. The summed E-state index contributed by atoms with van der Waals surface area (Å²) in [5, 5.41) is 0. The van der Waals surface area contributed by atoms with Crippen molar-refractivity contribution in [2.24, 2.45) is 0 Å². The fraction of sp³-hybridized carbons (Fsp3) is 0.175. The number of nitrogens with zero attached hydrogens (tertiary/aromatic N) is 3. The van der Waals surface area contributed by atoms with Gasteiger partial charge in [-0.1, -0.05) is 123 Å². The third kappa shape index (κ3) is 5.39. The predicted octanol–water partition coefficient (Wildman–Crippen LogP) is 9.64. The van der Waals surface area contributed by atoms with Crippen LogP contribution >= 0.6 is 0 Å². The molecule has 0 amide bonds. The van der Waals surface area contributed by atoms with E-state index in [0.717, 1.165) is 65.3 Å². The molecule has 0 spiro atoms. The van der Waals surface area contributed by atoms with Gasteiger partial charge >= 0.3 is 0 Å². The number of aryl methyl sites for hydroxylation is 1. The minimum Gasteiger partial charge on any atom is -0.256 e. The van der Waals surface area contributed by atoms with Gasteiger partial charge in [-0.25, -0.2) is 9.97 Å². The highest BCUT2D eigenvalue weighted by molar-refractivity contribution is 5.81. The van der Waals surface area contributed by atoms with Crippen molar-refractivity contribution < 1.29 is 0 Å². The molecule has 3 aromatic carbocycles.